The average Bonchev–Trinajstić information content (AvgIpc) is 2.82. The van der Waals surface area contributed by atoms with Crippen LogP contribution in [0.3, 0.4) is 0 Å². The fraction of sp³-hybridized carbons (Fsp3) is 0.500. The number of anilines is 1. The normalized spacial score (nSPS) is 22.6. The van der Waals surface area contributed by atoms with Crippen molar-refractivity contribution in [2.45, 2.75) is 33.6 Å². The number of carbonyl (C=O) groups is 2. The van der Waals surface area contributed by atoms with Gasteiger partial charge in [0, 0.05) is 35.1 Å². The molecule has 0 aromatic heterocycles. The van der Waals surface area contributed by atoms with Crippen molar-refractivity contribution in [1.82, 2.24) is 0 Å². The lowest BCUT2D eigenvalue weighted by Crippen LogP contribution is -2.26. The number of rotatable bonds is 2. The first-order valence-electron chi connectivity index (χ1n) is 6.96. The lowest BCUT2D eigenvalue weighted by molar-refractivity contribution is -0.116. The summed E-state index contributed by atoms with van der Waals surface area (Å²) in [5, 5.41) is 0. The van der Waals surface area contributed by atoms with Crippen LogP contribution in [0.1, 0.15) is 43.1 Å². The first kappa shape index (κ1) is 13.8. The van der Waals surface area contributed by atoms with Gasteiger partial charge in [-0.05, 0) is 36.0 Å². The van der Waals surface area contributed by atoms with Crippen molar-refractivity contribution in [3.05, 3.63) is 27.7 Å². The van der Waals surface area contributed by atoms with Gasteiger partial charge in [-0.3, -0.25) is 9.59 Å². The second kappa shape index (κ2) is 4.42. The molecule has 4 heteroatoms. The Morgan fingerprint density at radius 2 is 2.00 bits per heavy atom. The van der Waals surface area contributed by atoms with Crippen LogP contribution in [0.4, 0.5) is 5.69 Å². The van der Waals surface area contributed by atoms with Crippen LogP contribution in [-0.4, -0.2) is 18.2 Å². The molecule has 1 aromatic rings. The van der Waals surface area contributed by atoms with Crippen molar-refractivity contribution < 1.29 is 9.59 Å². The molecule has 0 radical (unpaired) electrons. The summed E-state index contributed by atoms with van der Waals surface area (Å²) in [5.41, 5.74) is 2.88. The third-order valence-corrected chi connectivity index (χ3v) is 5.20. The number of fused-ring (bicyclic) bond motifs is 1. The van der Waals surface area contributed by atoms with Crippen molar-refractivity contribution in [2.24, 2.45) is 11.3 Å². The van der Waals surface area contributed by atoms with E-state index < -0.39 is 0 Å². The van der Waals surface area contributed by atoms with Gasteiger partial charge in [0.05, 0.1) is 0 Å². The number of benzene rings is 1. The van der Waals surface area contributed by atoms with Gasteiger partial charge in [-0.2, -0.15) is 0 Å². The molecule has 0 N–H and O–H groups in total. The summed E-state index contributed by atoms with van der Waals surface area (Å²) in [5.74, 6) is 0.348. The van der Waals surface area contributed by atoms with Crippen LogP contribution < -0.4 is 4.90 Å². The van der Waals surface area contributed by atoms with E-state index in [-0.39, 0.29) is 23.0 Å². The lowest BCUT2D eigenvalue weighted by atomic mass is 9.99. The Morgan fingerprint density at radius 3 is 2.55 bits per heavy atom. The van der Waals surface area contributed by atoms with E-state index in [2.05, 4.69) is 29.8 Å². The highest BCUT2D eigenvalue weighted by atomic mass is 79.9. The maximum absolute atomic E-state index is 12.6. The van der Waals surface area contributed by atoms with Gasteiger partial charge in [-0.25, -0.2) is 0 Å². The van der Waals surface area contributed by atoms with E-state index in [0.29, 0.717) is 12.1 Å². The maximum Gasteiger partial charge on any atom is 0.223 e. The Hall–Kier alpha value is -1.16. The molecule has 106 valence electrons. The van der Waals surface area contributed by atoms with Gasteiger partial charge in [0.2, 0.25) is 5.91 Å². The first-order valence-corrected chi connectivity index (χ1v) is 7.75. The number of halogens is 1. The van der Waals surface area contributed by atoms with E-state index in [1.54, 1.807) is 11.8 Å². The number of amides is 1. The standard InChI is InChI=1S/C16H18BrNO2/c1-9(19)18-5-4-10-6-13(17)11(7-14(10)18)15(20)12-8-16(12,2)3/h6-7,12H,4-5,8H2,1-3H3. The molecule has 3 rings (SSSR count). The van der Waals surface area contributed by atoms with Crippen molar-refractivity contribution >= 4 is 33.3 Å². The molecule has 20 heavy (non-hydrogen) atoms. The second-order valence-electron chi connectivity index (χ2n) is 6.49. The highest BCUT2D eigenvalue weighted by Crippen LogP contribution is 2.53. The summed E-state index contributed by atoms with van der Waals surface area (Å²) < 4.78 is 0.856. The van der Waals surface area contributed by atoms with Gasteiger partial charge in [0.25, 0.3) is 0 Å². The molecule has 1 heterocycles. The molecule has 1 aromatic carbocycles. The molecule has 1 aliphatic heterocycles. The first-order chi connectivity index (χ1) is 9.31. The van der Waals surface area contributed by atoms with Crippen molar-refractivity contribution in [3.63, 3.8) is 0 Å². The average molecular weight is 336 g/mol. The fourth-order valence-corrected chi connectivity index (χ4v) is 3.61. The minimum Gasteiger partial charge on any atom is -0.312 e. The molecule has 1 unspecified atom stereocenters. The van der Waals surface area contributed by atoms with Crippen LogP contribution in [0.2, 0.25) is 0 Å². The molecule has 1 fully saturated rings. The van der Waals surface area contributed by atoms with E-state index in [9.17, 15) is 9.59 Å². The number of hydrogen-bond donors (Lipinski definition) is 0. The van der Waals surface area contributed by atoms with Crippen LogP contribution in [0, 0.1) is 11.3 Å². The molecule has 1 atom stereocenters. The molecule has 3 nitrogen and oxygen atoms in total. The maximum atomic E-state index is 12.6. The van der Waals surface area contributed by atoms with E-state index in [1.807, 2.05) is 12.1 Å². The van der Waals surface area contributed by atoms with E-state index in [1.165, 1.54) is 0 Å². The zero-order valence-electron chi connectivity index (χ0n) is 12.0. The van der Waals surface area contributed by atoms with Gasteiger partial charge in [0.1, 0.15) is 0 Å². The monoisotopic (exact) mass is 335 g/mol. The molecule has 0 spiro atoms. The van der Waals surface area contributed by atoms with Crippen LogP contribution in [0.5, 0.6) is 0 Å². The molecule has 0 saturated heterocycles. The van der Waals surface area contributed by atoms with E-state index >= 15 is 0 Å². The van der Waals surface area contributed by atoms with Gasteiger partial charge >= 0.3 is 0 Å². The second-order valence-corrected chi connectivity index (χ2v) is 7.35. The molecule has 1 amide bonds. The SMILES string of the molecule is CC(=O)N1CCc2cc(Br)c(C(=O)C3CC3(C)C)cc21. The number of hydrogen-bond acceptors (Lipinski definition) is 2. The van der Waals surface area contributed by atoms with Crippen LogP contribution >= 0.6 is 15.9 Å². The molecule has 1 saturated carbocycles. The van der Waals surface area contributed by atoms with Crippen LogP contribution in [0.25, 0.3) is 0 Å². The predicted molar refractivity (Wildman–Crippen MR) is 82.1 cm³/mol. The van der Waals surface area contributed by atoms with Crippen LogP contribution in [0.15, 0.2) is 16.6 Å². The molecule has 0 bridgehead atoms. The van der Waals surface area contributed by atoms with Crippen LogP contribution in [-0.2, 0) is 11.2 Å². The minimum absolute atomic E-state index is 0.0382. The number of carbonyl (C=O) groups excluding carboxylic acids is 2. The fourth-order valence-electron chi connectivity index (χ4n) is 3.03. The van der Waals surface area contributed by atoms with Gasteiger partial charge in [0.15, 0.2) is 5.78 Å². The number of ketones is 1. The Kier molecular flexibility index (Phi) is 3.05. The summed E-state index contributed by atoms with van der Waals surface area (Å²) in [6.45, 7) is 6.53. The Balaban J connectivity index is 1.99. The quantitative estimate of drug-likeness (QED) is 0.774. The summed E-state index contributed by atoms with van der Waals surface area (Å²) in [6, 6.07) is 3.89. The van der Waals surface area contributed by atoms with Gasteiger partial charge < -0.3 is 4.90 Å². The van der Waals surface area contributed by atoms with Gasteiger partial charge in [-0.1, -0.05) is 29.8 Å². The summed E-state index contributed by atoms with van der Waals surface area (Å²) in [4.78, 5) is 26.0. The molecular formula is C16H18BrNO2. The van der Waals surface area contributed by atoms with Gasteiger partial charge in [-0.15, -0.1) is 0 Å². The van der Waals surface area contributed by atoms with Crippen molar-refractivity contribution in [2.75, 3.05) is 11.4 Å². The number of nitrogens with zero attached hydrogens (tertiary/aromatic N) is 1. The third-order valence-electron chi connectivity index (χ3n) is 4.54. The van der Waals surface area contributed by atoms with E-state index in [0.717, 1.165) is 28.6 Å². The zero-order chi connectivity index (χ0) is 14.7. The highest BCUT2D eigenvalue weighted by molar-refractivity contribution is 9.10. The zero-order valence-corrected chi connectivity index (χ0v) is 13.6. The molecular weight excluding hydrogens is 318 g/mol. The molecule has 1 aliphatic carbocycles. The van der Waals surface area contributed by atoms with E-state index in [4.69, 9.17) is 0 Å². The topological polar surface area (TPSA) is 37.4 Å². The third kappa shape index (κ3) is 2.10. The number of Topliss-reactive ketones (excluding diaryl/α,β-unsaturated/α-hetero) is 1. The Labute approximate surface area is 127 Å². The minimum atomic E-state index is 0.0382. The lowest BCUT2D eigenvalue weighted by Gasteiger charge is -2.16. The summed E-state index contributed by atoms with van der Waals surface area (Å²) in [7, 11) is 0. The smallest absolute Gasteiger partial charge is 0.223 e. The Morgan fingerprint density at radius 1 is 1.35 bits per heavy atom. The Bertz CT molecular complexity index is 621. The van der Waals surface area contributed by atoms with Crippen molar-refractivity contribution in [3.8, 4) is 0 Å². The highest BCUT2D eigenvalue weighted by Gasteiger charge is 2.51. The largest absolute Gasteiger partial charge is 0.312 e. The van der Waals surface area contributed by atoms with Crippen molar-refractivity contribution in [1.29, 1.82) is 0 Å². The summed E-state index contributed by atoms with van der Waals surface area (Å²) >= 11 is 3.52. The molecule has 2 aliphatic rings. The summed E-state index contributed by atoms with van der Waals surface area (Å²) in [6.07, 6.45) is 1.81. The predicted octanol–water partition coefficient (Wildman–Crippen LogP) is 3.59.